The summed E-state index contributed by atoms with van der Waals surface area (Å²) >= 11 is 6.06. The highest BCUT2D eigenvalue weighted by atomic mass is 35.5. The molecular weight excluding hydrogens is 442 g/mol. The summed E-state index contributed by atoms with van der Waals surface area (Å²) in [4.78, 5) is 38.2. The fourth-order valence-electron chi connectivity index (χ4n) is 3.12. The van der Waals surface area contributed by atoms with E-state index in [-0.39, 0.29) is 45.0 Å². The van der Waals surface area contributed by atoms with Gasteiger partial charge in [0.25, 0.3) is 11.6 Å². The van der Waals surface area contributed by atoms with Crippen molar-refractivity contribution in [2.75, 3.05) is 23.9 Å². The van der Waals surface area contributed by atoms with Crippen LogP contribution in [0.2, 0.25) is 5.02 Å². The number of azo groups is 1. The first-order valence-electron chi connectivity index (χ1n) is 9.03. The minimum absolute atomic E-state index is 0.00132. The number of carbonyl (C=O) groups excluding carboxylic acids is 2. The number of phenolic OH excluding ortho intramolecular Hbond substituents is 1. The predicted octanol–water partition coefficient (Wildman–Crippen LogP) is 4.26. The van der Waals surface area contributed by atoms with Crippen molar-refractivity contribution in [1.29, 1.82) is 0 Å². The maximum Gasteiger partial charge on any atom is 0.330 e. The van der Waals surface area contributed by atoms with Crippen molar-refractivity contribution < 1.29 is 19.6 Å². The number of amides is 2. The lowest BCUT2D eigenvalue weighted by Crippen LogP contribution is -2.41. The van der Waals surface area contributed by atoms with E-state index in [1.807, 2.05) is 0 Å². The van der Waals surface area contributed by atoms with Gasteiger partial charge in [-0.15, -0.1) is 15.3 Å². The van der Waals surface area contributed by atoms with Crippen LogP contribution in [0.5, 0.6) is 5.75 Å². The Kier molecular flexibility index (Phi) is 5.06. The maximum absolute atomic E-state index is 13.1. The molecule has 12 nitrogen and oxygen atoms in total. The number of anilines is 2. The van der Waals surface area contributed by atoms with Crippen LogP contribution in [0.4, 0.5) is 33.5 Å². The van der Waals surface area contributed by atoms with E-state index in [1.165, 1.54) is 48.2 Å². The van der Waals surface area contributed by atoms with Crippen molar-refractivity contribution in [3.63, 3.8) is 0 Å². The average Bonchev–Trinajstić information content (AvgIpc) is 3.11. The van der Waals surface area contributed by atoms with Crippen LogP contribution < -0.4 is 9.80 Å². The lowest BCUT2D eigenvalue weighted by atomic mass is 10.2. The first-order chi connectivity index (χ1) is 15.2. The summed E-state index contributed by atoms with van der Waals surface area (Å²) in [5, 5.41) is 33.3. The van der Waals surface area contributed by atoms with Crippen molar-refractivity contribution in [2.45, 2.75) is 0 Å². The Morgan fingerprint density at radius 2 is 1.88 bits per heavy atom. The molecule has 0 unspecified atom stereocenters. The van der Waals surface area contributed by atoms with Gasteiger partial charge in [0, 0.05) is 26.2 Å². The molecule has 1 aliphatic rings. The number of hydrogen-bond donors (Lipinski definition) is 1. The predicted molar refractivity (Wildman–Crippen MR) is 115 cm³/mol. The fourth-order valence-corrected chi connectivity index (χ4v) is 3.33. The highest BCUT2D eigenvalue weighted by Gasteiger charge is 2.38. The van der Waals surface area contributed by atoms with Crippen LogP contribution in [-0.4, -0.2) is 45.8 Å². The standard InChI is InChI=1S/C19H14ClN7O5/c1-24-16-15(22-21-13-8-7-10(27(31)32)9-12(13)20)17(25(2)19(24)30)26(23-16)18(29)11-5-3-4-6-14(11)28/h3-9,28H,1-2H3. The number of nitro groups is 1. The number of para-hydroxylation sites is 1. The SMILES string of the molecule is CN1C(=O)N(C)c2c(N=Nc3ccc([N+](=O)[O-])cc3Cl)c1nn2C(=O)c1ccccc1O. The first kappa shape index (κ1) is 20.9. The molecule has 2 heterocycles. The quantitative estimate of drug-likeness (QED) is 0.353. The summed E-state index contributed by atoms with van der Waals surface area (Å²) in [7, 11) is 2.89. The molecule has 13 heteroatoms. The molecule has 0 aliphatic carbocycles. The zero-order valence-electron chi connectivity index (χ0n) is 16.6. The monoisotopic (exact) mass is 455 g/mol. The van der Waals surface area contributed by atoms with Crippen molar-refractivity contribution in [1.82, 2.24) is 9.78 Å². The van der Waals surface area contributed by atoms with Gasteiger partial charge in [-0.25, -0.2) is 4.79 Å². The van der Waals surface area contributed by atoms with Gasteiger partial charge in [-0.3, -0.25) is 24.7 Å². The van der Waals surface area contributed by atoms with Gasteiger partial charge in [0.2, 0.25) is 0 Å². The number of aromatic nitrogens is 2. The summed E-state index contributed by atoms with van der Waals surface area (Å²) in [5.74, 6) is -0.821. The smallest absolute Gasteiger partial charge is 0.330 e. The molecular formula is C19H14ClN7O5. The third kappa shape index (κ3) is 3.32. The van der Waals surface area contributed by atoms with Crippen molar-refractivity contribution in [2.24, 2.45) is 10.2 Å². The Bertz CT molecular complexity index is 1320. The molecule has 1 N–H and O–H groups in total. The zero-order chi connectivity index (χ0) is 23.2. The Balaban J connectivity index is 1.82. The summed E-state index contributed by atoms with van der Waals surface area (Å²) in [5.41, 5.74) is 0.0247. The number of hydrogen-bond acceptors (Lipinski definition) is 8. The number of nitro benzene ring substituents is 1. The van der Waals surface area contributed by atoms with E-state index in [2.05, 4.69) is 15.3 Å². The molecule has 0 fully saturated rings. The molecule has 2 bridgehead atoms. The minimum atomic E-state index is -0.677. The number of benzene rings is 2. The van der Waals surface area contributed by atoms with Crippen LogP contribution in [0.3, 0.4) is 0 Å². The number of urea groups is 1. The molecule has 4 rings (SSSR count). The molecule has 0 saturated carbocycles. The molecule has 2 aromatic carbocycles. The van der Waals surface area contributed by atoms with E-state index in [0.717, 1.165) is 10.7 Å². The summed E-state index contributed by atoms with van der Waals surface area (Å²) in [6.07, 6.45) is 0. The van der Waals surface area contributed by atoms with Crippen molar-refractivity contribution in [3.05, 3.63) is 63.2 Å². The number of aromatic hydroxyl groups is 1. The van der Waals surface area contributed by atoms with Crippen LogP contribution in [-0.2, 0) is 0 Å². The Morgan fingerprint density at radius 1 is 1.16 bits per heavy atom. The second kappa shape index (κ2) is 7.74. The number of fused-ring (bicyclic) bond motifs is 2. The highest BCUT2D eigenvalue weighted by molar-refractivity contribution is 6.33. The summed E-state index contributed by atoms with van der Waals surface area (Å²) in [6, 6.07) is 9.14. The molecule has 162 valence electrons. The number of non-ortho nitro benzene ring substituents is 1. The van der Waals surface area contributed by atoms with Crippen molar-refractivity contribution >= 4 is 52.2 Å². The van der Waals surface area contributed by atoms with Crippen LogP contribution in [0.1, 0.15) is 10.4 Å². The Labute approximate surface area is 185 Å². The number of halogens is 1. The van der Waals surface area contributed by atoms with Crippen molar-refractivity contribution in [3.8, 4) is 5.75 Å². The second-order valence-electron chi connectivity index (χ2n) is 6.72. The largest absolute Gasteiger partial charge is 0.507 e. The van der Waals surface area contributed by atoms with E-state index in [1.54, 1.807) is 12.1 Å². The van der Waals surface area contributed by atoms with E-state index in [0.29, 0.717) is 0 Å². The molecule has 0 radical (unpaired) electrons. The lowest BCUT2D eigenvalue weighted by molar-refractivity contribution is -0.384. The molecule has 1 aliphatic heterocycles. The van der Waals surface area contributed by atoms with Gasteiger partial charge < -0.3 is 5.11 Å². The molecule has 0 saturated heterocycles. The highest BCUT2D eigenvalue weighted by Crippen LogP contribution is 2.43. The van der Waals surface area contributed by atoms with Gasteiger partial charge in [0.1, 0.15) is 11.4 Å². The molecule has 32 heavy (non-hydrogen) atoms. The third-order valence-corrected chi connectivity index (χ3v) is 5.06. The molecule has 2 amide bonds. The van der Waals surface area contributed by atoms with Gasteiger partial charge >= 0.3 is 6.03 Å². The molecule has 1 aromatic heterocycles. The number of rotatable bonds is 4. The topological polar surface area (TPSA) is 147 Å². The summed E-state index contributed by atoms with van der Waals surface area (Å²) < 4.78 is 0.956. The van der Waals surface area contributed by atoms with E-state index >= 15 is 0 Å². The Morgan fingerprint density at radius 3 is 2.53 bits per heavy atom. The first-order valence-corrected chi connectivity index (χ1v) is 9.41. The lowest BCUT2D eigenvalue weighted by Gasteiger charge is -2.26. The maximum atomic E-state index is 13.1. The van der Waals surface area contributed by atoms with Gasteiger partial charge in [0.15, 0.2) is 17.3 Å². The Hall–Kier alpha value is -4.32. The average molecular weight is 456 g/mol. The number of phenols is 1. The van der Waals surface area contributed by atoms with Gasteiger partial charge in [-0.05, 0) is 18.2 Å². The van der Waals surface area contributed by atoms with E-state index in [4.69, 9.17) is 11.6 Å². The van der Waals surface area contributed by atoms with Gasteiger partial charge in [-0.1, -0.05) is 23.7 Å². The normalized spacial score (nSPS) is 13.2. The molecule has 3 aromatic rings. The number of nitrogens with zero attached hydrogens (tertiary/aromatic N) is 7. The zero-order valence-corrected chi connectivity index (χ0v) is 17.4. The third-order valence-electron chi connectivity index (χ3n) is 4.75. The molecule has 0 atom stereocenters. The molecule has 0 spiro atoms. The van der Waals surface area contributed by atoms with Crippen LogP contribution >= 0.6 is 11.6 Å². The van der Waals surface area contributed by atoms with Crippen LogP contribution in [0.25, 0.3) is 0 Å². The fraction of sp³-hybridized carbons (Fsp3) is 0.105. The van der Waals surface area contributed by atoms with E-state index < -0.39 is 16.9 Å². The van der Waals surface area contributed by atoms with E-state index in [9.17, 15) is 24.8 Å². The van der Waals surface area contributed by atoms with Crippen LogP contribution in [0, 0.1) is 10.1 Å². The summed E-state index contributed by atoms with van der Waals surface area (Å²) in [6.45, 7) is 0. The number of carbonyl (C=O) groups is 2. The van der Waals surface area contributed by atoms with Crippen LogP contribution in [0.15, 0.2) is 52.7 Å². The van der Waals surface area contributed by atoms with Gasteiger partial charge in [0.05, 0.1) is 15.5 Å². The van der Waals surface area contributed by atoms with Gasteiger partial charge in [-0.2, -0.15) is 4.68 Å². The second-order valence-corrected chi connectivity index (χ2v) is 7.13. The minimum Gasteiger partial charge on any atom is -0.507 e.